The van der Waals surface area contributed by atoms with Crippen molar-refractivity contribution < 1.29 is 4.74 Å². The van der Waals surface area contributed by atoms with E-state index in [1.807, 2.05) is 12.1 Å². The van der Waals surface area contributed by atoms with Gasteiger partial charge in [-0.1, -0.05) is 73.8 Å². The summed E-state index contributed by atoms with van der Waals surface area (Å²) >= 11 is 0. The Balaban J connectivity index is 1.33. The summed E-state index contributed by atoms with van der Waals surface area (Å²) < 4.78 is 6.18. The molecule has 0 aliphatic carbocycles. The number of aromatic nitrogens is 1. The number of hydrogen-bond donors (Lipinski definition) is 0. The third kappa shape index (κ3) is 5.73. The summed E-state index contributed by atoms with van der Waals surface area (Å²) in [6, 6.07) is 27.3. The molecular weight excluding hydrogens is 414 g/mol. The van der Waals surface area contributed by atoms with Gasteiger partial charge < -0.3 is 4.74 Å². The van der Waals surface area contributed by atoms with Crippen molar-refractivity contribution in [3.8, 4) is 5.75 Å². The number of ether oxygens (including phenoxy) is 1. The van der Waals surface area contributed by atoms with Gasteiger partial charge in [0, 0.05) is 16.7 Å². The zero-order valence-electron chi connectivity index (χ0n) is 19.9. The highest BCUT2D eigenvalue weighted by Gasteiger charge is 2.09. The van der Waals surface area contributed by atoms with Crippen LogP contribution in [-0.2, 0) is 19.4 Å². The zero-order chi connectivity index (χ0) is 23.8. The summed E-state index contributed by atoms with van der Waals surface area (Å²) in [7, 11) is 0. The van der Waals surface area contributed by atoms with E-state index in [1.54, 1.807) is 6.08 Å². The summed E-state index contributed by atoms with van der Waals surface area (Å²) in [6.07, 6.45) is 6.06. The number of aryl methyl sites for hydroxylation is 3. The quantitative estimate of drug-likeness (QED) is 0.140. The summed E-state index contributed by atoms with van der Waals surface area (Å²) in [5.74, 6) is 0.892. The Morgan fingerprint density at radius 1 is 0.941 bits per heavy atom. The highest BCUT2D eigenvalue weighted by atomic mass is 16.5. The van der Waals surface area contributed by atoms with Crippen molar-refractivity contribution in [2.24, 2.45) is 0 Å². The molecule has 0 bridgehead atoms. The lowest BCUT2D eigenvalue weighted by Crippen LogP contribution is -2.01. The highest BCUT2D eigenvalue weighted by Crippen LogP contribution is 2.25. The van der Waals surface area contributed by atoms with E-state index in [9.17, 15) is 0 Å². The maximum Gasteiger partial charge on any atom is 0.120 e. The summed E-state index contributed by atoms with van der Waals surface area (Å²) in [5, 5.41) is 1.20. The molecule has 0 unspecified atom stereocenters. The van der Waals surface area contributed by atoms with E-state index < -0.39 is 0 Å². The number of fused-ring (bicyclic) bond motifs is 1. The van der Waals surface area contributed by atoms with E-state index >= 15 is 0 Å². The van der Waals surface area contributed by atoms with Crippen LogP contribution in [0.25, 0.3) is 16.5 Å². The van der Waals surface area contributed by atoms with Crippen LogP contribution in [0.2, 0.25) is 0 Å². The van der Waals surface area contributed by atoms with E-state index in [4.69, 9.17) is 9.72 Å². The second-order valence-electron chi connectivity index (χ2n) is 8.54. The van der Waals surface area contributed by atoms with Crippen LogP contribution < -0.4 is 4.74 Å². The van der Waals surface area contributed by atoms with E-state index in [0.717, 1.165) is 59.3 Å². The fourth-order valence-corrected chi connectivity index (χ4v) is 4.33. The van der Waals surface area contributed by atoms with Crippen LogP contribution in [0.1, 0.15) is 40.8 Å². The number of para-hydroxylation sites is 1. The average Bonchev–Trinajstić information content (AvgIpc) is 2.87. The molecule has 0 atom stereocenters. The second kappa shape index (κ2) is 11.3. The molecule has 0 spiro atoms. The Labute approximate surface area is 203 Å². The molecule has 0 N–H and O–H groups in total. The van der Waals surface area contributed by atoms with E-state index in [2.05, 4.69) is 92.5 Å². The molecule has 3 aromatic carbocycles. The molecule has 0 aliphatic rings. The number of rotatable bonds is 10. The van der Waals surface area contributed by atoms with Crippen molar-refractivity contribution in [3.05, 3.63) is 132 Å². The Morgan fingerprint density at radius 2 is 1.76 bits per heavy atom. The minimum atomic E-state index is 0.493. The van der Waals surface area contributed by atoms with Gasteiger partial charge in [-0.3, -0.25) is 4.98 Å². The Hall–Kier alpha value is -3.87. The van der Waals surface area contributed by atoms with Crippen LogP contribution in [0.15, 0.2) is 104 Å². The molecule has 1 heterocycles. The average molecular weight is 446 g/mol. The fraction of sp³-hybridized carbons (Fsp3) is 0.188. The molecule has 2 nitrogen and oxygen atoms in total. The monoisotopic (exact) mass is 445 g/mol. The van der Waals surface area contributed by atoms with Crippen molar-refractivity contribution >= 4 is 16.5 Å². The summed E-state index contributed by atoms with van der Waals surface area (Å²) in [5.41, 5.74) is 10.8. The van der Waals surface area contributed by atoms with E-state index in [-0.39, 0.29) is 0 Å². The normalized spacial score (nSPS) is 10.6. The number of allylic oxidation sites excluding steroid dienone is 2. The predicted molar refractivity (Wildman–Crippen MR) is 143 cm³/mol. The van der Waals surface area contributed by atoms with Crippen LogP contribution in [0.4, 0.5) is 0 Å². The van der Waals surface area contributed by atoms with Gasteiger partial charge in [-0.15, -0.1) is 5.73 Å². The first-order valence-corrected chi connectivity index (χ1v) is 11.9. The molecule has 0 radical (unpaired) electrons. The van der Waals surface area contributed by atoms with Gasteiger partial charge in [-0.05, 0) is 79.1 Å². The predicted octanol–water partition coefficient (Wildman–Crippen LogP) is 8.04. The molecule has 0 aliphatic heterocycles. The van der Waals surface area contributed by atoms with Crippen LogP contribution >= 0.6 is 0 Å². The summed E-state index contributed by atoms with van der Waals surface area (Å²) in [4.78, 5) is 4.79. The van der Waals surface area contributed by atoms with Gasteiger partial charge in [-0.25, -0.2) is 0 Å². The van der Waals surface area contributed by atoms with Crippen molar-refractivity contribution in [3.63, 3.8) is 0 Å². The number of pyridine rings is 1. The van der Waals surface area contributed by atoms with E-state index in [0.29, 0.717) is 6.61 Å². The Morgan fingerprint density at radius 3 is 2.62 bits per heavy atom. The van der Waals surface area contributed by atoms with Gasteiger partial charge in [0.2, 0.25) is 0 Å². The first-order chi connectivity index (χ1) is 16.7. The van der Waals surface area contributed by atoms with Gasteiger partial charge >= 0.3 is 0 Å². The number of hydrogen-bond acceptors (Lipinski definition) is 2. The van der Waals surface area contributed by atoms with Gasteiger partial charge in [0.25, 0.3) is 0 Å². The standard InChI is InChI=1S/C32H31NO/c1-4-26(5-2)32-24(3)12-10-16-28(32)23-34-30-18-11-14-25(22-30)13-6-8-17-29-21-20-27-15-7-9-19-31(27)33-29/h4,7,9-12,14-16,18-22H,1-2,6,8,13,17,23H2,3H3. The van der Waals surface area contributed by atoms with Gasteiger partial charge in [0.1, 0.15) is 12.4 Å². The molecule has 4 aromatic rings. The van der Waals surface area contributed by atoms with Crippen molar-refractivity contribution in [2.75, 3.05) is 0 Å². The third-order valence-corrected chi connectivity index (χ3v) is 6.12. The molecule has 4 rings (SSSR count). The SMILES string of the molecule is C=C=C(C=C)c1c(C)cccc1COc1cccc(CCCCc2ccc3ccccc3n2)c1. The maximum atomic E-state index is 6.18. The largest absolute Gasteiger partial charge is 0.489 e. The van der Waals surface area contributed by atoms with Gasteiger partial charge in [-0.2, -0.15) is 0 Å². The molecule has 170 valence electrons. The van der Waals surface area contributed by atoms with Gasteiger partial charge in [0.05, 0.1) is 5.52 Å². The third-order valence-electron chi connectivity index (χ3n) is 6.12. The molecular formula is C32H31NO. The maximum absolute atomic E-state index is 6.18. The molecule has 0 amide bonds. The molecule has 0 fully saturated rings. The molecule has 0 saturated heterocycles. The minimum absolute atomic E-state index is 0.493. The topological polar surface area (TPSA) is 22.1 Å². The first kappa shape index (κ1) is 23.3. The second-order valence-corrected chi connectivity index (χ2v) is 8.54. The Bertz CT molecular complexity index is 1340. The zero-order valence-corrected chi connectivity index (χ0v) is 19.9. The van der Waals surface area contributed by atoms with Gasteiger partial charge in [0.15, 0.2) is 0 Å². The van der Waals surface area contributed by atoms with Crippen molar-refractivity contribution in [1.82, 2.24) is 4.98 Å². The number of unbranched alkanes of at least 4 members (excludes halogenated alkanes) is 1. The van der Waals surface area contributed by atoms with Crippen LogP contribution in [-0.4, -0.2) is 4.98 Å². The highest BCUT2D eigenvalue weighted by molar-refractivity contribution is 5.78. The molecule has 0 saturated carbocycles. The van der Waals surface area contributed by atoms with E-state index in [1.165, 1.54) is 16.5 Å². The number of nitrogens with zero attached hydrogens (tertiary/aromatic N) is 1. The van der Waals surface area contributed by atoms with Crippen molar-refractivity contribution in [1.29, 1.82) is 0 Å². The Kier molecular flexibility index (Phi) is 7.75. The first-order valence-electron chi connectivity index (χ1n) is 11.9. The smallest absolute Gasteiger partial charge is 0.120 e. The summed E-state index contributed by atoms with van der Waals surface area (Å²) in [6.45, 7) is 10.3. The van der Waals surface area contributed by atoms with Crippen molar-refractivity contribution in [2.45, 2.75) is 39.2 Å². The number of benzene rings is 3. The lowest BCUT2D eigenvalue weighted by molar-refractivity contribution is 0.305. The minimum Gasteiger partial charge on any atom is -0.489 e. The lowest BCUT2D eigenvalue weighted by Gasteiger charge is -2.14. The molecule has 1 aromatic heterocycles. The fourth-order valence-electron chi connectivity index (χ4n) is 4.33. The van der Waals surface area contributed by atoms with Crippen LogP contribution in [0.3, 0.4) is 0 Å². The van der Waals surface area contributed by atoms with Crippen LogP contribution in [0.5, 0.6) is 5.75 Å². The lowest BCUT2D eigenvalue weighted by atomic mass is 9.96. The van der Waals surface area contributed by atoms with Crippen LogP contribution in [0, 0.1) is 6.92 Å². The molecule has 2 heteroatoms. The molecule has 34 heavy (non-hydrogen) atoms.